The molecular weight excluding hydrogens is 311 g/mol. The molecule has 0 unspecified atom stereocenters. The van der Waals surface area contributed by atoms with E-state index in [0.717, 1.165) is 0 Å². The first-order valence-corrected chi connectivity index (χ1v) is 0. The Labute approximate surface area is 158 Å². The van der Waals surface area contributed by atoms with Crippen LogP contribution >= 0.6 is 0 Å². The molecule has 0 spiro atoms. The summed E-state index contributed by atoms with van der Waals surface area (Å²) in [7, 11) is 0. The Bertz CT molecular complexity index is 19.0. The third-order valence-electron chi connectivity index (χ3n) is 0. The second-order valence-electron chi connectivity index (χ2n) is 0. The predicted octanol–water partition coefficient (Wildman–Crippen LogP) is -30.0. The van der Waals surface area contributed by atoms with E-state index in [2.05, 4.69) is 0 Å². The molecule has 0 nitrogen and oxygen atoms in total. The molecule has 0 saturated heterocycles. The molecule has 12 heavy (non-hydrogen) atoms. The van der Waals surface area contributed by atoms with Crippen LogP contribution in [0.4, 0.5) is 0 Å². The van der Waals surface area contributed by atoms with Gasteiger partial charge in [0.25, 0.3) is 0 Å². The first-order valence-electron chi connectivity index (χ1n) is 0. The van der Waals surface area contributed by atoms with Crippen LogP contribution in [0.25, 0.3) is 0 Å². The molecule has 0 heterocycles. The van der Waals surface area contributed by atoms with Gasteiger partial charge in [-0.2, -0.15) is 0 Å². The predicted molar refractivity (Wildman–Crippen MR) is 0 cm³/mol. The summed E-state index contributed by atoms with van der Waals surface area (Å²) in [4.78, 5) is 0. The SMILES string of the molecule is [Cr+3].[F-].[F-].[F-].[F-].[F-].[F-].[F-].[F-].[K+].[Na+].[Sc+3]. The zero-order valence-electron chi connectivity index (χ0n) is 6.01. The van der Waals surface area contributed by atoms with E-state index in [1.165, 1.54) is 0 Å². The van der Waals surface area contributed by atoms with Gasteiger partial charge in [0.2, 0.25) is 0 Å². The van der Waals surface area contributed by atoms with Gasteiger partial charge in [0.15, 0.2) is 0 Å². The van der Waals surface area contributed by atoms with E-state index >= 15 is 0 Å². The van der Waals surface area contributed by atoms with Gasteiger partial charge in [-0.15, -0.1) is 0 Å². The van der Waals surface area contributed by atoms with Crippen molar-refractivity contribution in [1.29, 1.82) is 0 Å². The van der Waals surface area contributed by atoms with Crippen LogP contribution in [0, 0.1) is 0 Å². The molecule has 0 N–H and O–H groups in total. The molecule has 0 bridgehead atoms. The number of rotatable bonds is 0. The molecule has 0 aliphatic rings. The zero-order valence-corrected chi connectivity index (χ0v) is 14.2. The molecular formula is CrF8KNaSc. The topological polar surface area (TPSA) is 0 Å². The molecule has 0 aliphatic carbocycles. The normalized spacial score (nSPS) is 0. The number of hydrogen-bond donors (Lipinski definition) is 0. The van der Waals surface area contributed by atoms with Gasteiger partial charge in [0.05, 0.1) is 0 Å². The molecule has 0 rings (SSSR count). The molecule has 0 aliphatic heterocycles. The standard InChI is InChI=1S/Cr.8FH.K.Na.Sc/h;8*1H;;;/q+3;;;;;;;;;2*+1;+3/p-8. The van der Waals surface area contributed by atoms with E-state index in [-0.39, 0.29) is 162 Å². The second-order valence-corrected chi connectivity index (χ2v) is 0. The Kier molecular flexibility index (Phi) is 4860. The second kappa shape index (κ2) is 217. The maximum absolute atomic E-state index is 0. The summed E-state index contributed by atoms with van der Waals surface area (Å²) in [5, 5.41) is 0. The summed E-state index contributed by atoms with van der Waals surface area (Å²) in [5.41, 5.74) is 0. The van der Waals surface area contributed by atoms with E-state index < -0.39 is 0 Å². The molecule has 0 atom stereocenters. The molecule has 0 aromatic rings. The maximum atomic E-state index is 0. The van der Waals surface area contributed by atoms with Crippen LogP contribution in [0.5, 0.6) is 0 Å². The first-order chi connectivity index (χ1) is 0. The van der Waals surface area contributed by atoms with Gasteiger partial charge in [-0.3, -0.25) is 0 Å². The average Bonchev–Trinajstić information content (AvgIpc) is 0. The van der Waals surface area contributed by atoms with Crippen molar-refractivity contribution in [3.8, 4) is 0 Å². The summed E-state index contributed by atoms with van der Waals surface area (Å²) in [6, 6.07) is 0. The monoisotopic (exact) mass is 311 g/mol. The average molecular weight is 311 g/mol. The Hall–Kier alpha value is 3.48. The van der Waals surface area contributed by atoms with E-state index in [4.69, 9.17) is 0 Å². The Morgan fingerprint density at radius 3 is 0.417 bits per heavy atom. The molecule has 0 saturated carbocycles. The van der Waals surface area contributed by atoms with Gasteiger partial charge in [-0.1, -0.05) is 0 Å². The maximum Gasteiger partial charge on any atom is 3.00 e. The van der Waals surface area contributed by atoms with Crippen LogP contribution in [0.3, 0.4) is 0 Å². The summed E-state index contributed by atoms with van der Waals surface area (Å²) >= 11 is 0. The van der Waals surface area contributed by atoms with E-state index in [1.54, 1.807) is 0 Å². The van der Waals surface area contributed by atoms with Gasteiger partial charge < -0.3 is 37.6 Å². The summed E-state index contributed by atoms with van der Waals surface area (Å²) in [6.07, 6.45) is 0. The van der Waals surface area contributed by atoms with Crippen molar-refractivity contribution in [3.05, 3.63) is 0 Å². The van der Waals surface area contributed by atoms with E-state index in [9.17, 15) is 0 Å². The minimum absolute atomic E-state index is 0. The molecule has 1 radical (unpaired) electrons. The Balaban J connectivity index is 0. The van der Waals surface area contributed by atoms with Crippen LogP contribution in [-0.4, -0.2) is 0 Å². The fourth-order valence-electron chi connectivity index (χ4n) is 0. The smallest absolute Gasteiger partial charge is 1.00 e. The Morgan fingerprint density at radius 2 is 0.417 bits per heavy atom. The number of hydrogen-bond acceptors (Lipinski definition) is 0. The molecule has 67 valence electrons. The summed E-state index contributed by atoms with van der Waals surface area (Å²) in [6.45, 7) is 0. The minimum atomic E-state index is 0. The summed E-state index contributed by atoms with van der Waals surface area (Å²) < 4.78 is 0. The van der Waals surface area contributed by atoms with Crippen molar-refractivity contribution in [2.75, 3.05) is 0 Å². The van der Waals surface area contributed by atoms with Gasteiger partial charge in [0.1, 0.15) is 0 Å². The van der Waals surface area contributed by atoms with Gasteiger partial charge in [-0.05, 0) is 0 Å². The zero-order chi connectivity index (χ0) is 0. The van der Waals surface area contributed by atoms with Crippen LogP contribution in [0.2, 0.25) is 0 Å². The molecule has 0 amide bonds. The van der Waals surface area contributed by atoms with E-state index in [1.807, 2.05) is 0 Å². The molecule has 12 heteroatoms. The van der Waals surface area contributed by atoms with Gasteiger partial charge >= 0.3 is 124 Å². The first kappa shape index (κ1) is 268. The quantitative estimate of drug-likeness (QED) is 0.308. The van der Waals surface area contributed by atoms with Crippen molar-refractivity contribution in [1.82, 2.24) is 0 Å². The van der Waals surface area contributed by atoms with Crippen LogP contribution in [0.15, 0.2) is 0 Å². The molecule has 0 aromatic carbocycles. The molecule has 0 aromatic heterocycles. The molecule has 0 fully saturated rings. The van der Waals surface area contributed by atoms with Gasteiger partial charge in [-0.25, -0.2) is 0 Å². The number of halogens is 8. The summed E-state index contributed by atoms with van der Waals surface area (Å²) in [5.74, 6) is 0. The van der Waals surface area contributed by atoms with Crippen LogP contribution < -0.4 is 119 Å². The van der Waals surface area contributed by atoms with Crippen LogP contribution in [0.1, 0.15) is 0 Å². The van der Waals surface area contributed by atoms with Crippen molar-refractivity contribution in [2.45, 2.75) is 0 Å². The third-order valence-corrected chi connectivity index (χ3v) is 0. The largest absolute Gasteiger partial charge is 3.00 e. The Morgan fingerprint density at radius 1 is 0.417 bits per heavy atom. The van der Waals surface area contributed by atoms with Crippen LogP contribution in [-0.2, 0) is 43.2 Å². The van der Waals surface area contributed by atoms with Crippen molar-refractivity contribution in [2.24, 2.45) is 0 Å². The van der Waals surface area contributed by atoms with E-state index in [0.29, 0.717) is 0 Å². The minimum Gasteiger partial charge on any atom is -1.00 e. The van der Waals surface area contributed by atoms with Crippen molar-refractivity contribution in [3.63, 3.8) is 0 Å². The fourth-order valence-corrected chi connectivity index (χ4v) is 0. The fraction of sp³-hybridized carbons (Fsp3) is 0. The third kappa shape index (κ3) is 173. The van der Waals surface area contributed by atoms with Gasteiger partial charge in [0, 0.05) is 0 Å². The van der Waals surface area contributed by atoms with Crippen molar-refractivity contribution < 1.29 is 162 Å². The van der Waals surface area contributed by atoms with Crippen molar-refractivity contribution >= 4 is 0 Å².